The number of fused-ring (bicyclic) bond motifs is 1. The molecule has 0 unspecified atom stereocenters. The van der Waals surface area contributed by atoms with Crippen LogP contribution in [0.5, 0.6) is 0 Å². The Morgan fingerprint density at radius 2 is 1.80 bits per heavy atom. The molecule has 1 aliphatic carbocycles. The average Bonchev–Trinajstić information content (AvgIpc) is 3.45. The lowest BCUT2D eigenvalue weighted by Gasteiger charge is -2.26. The van der Waals surface area contributed by atoms with Crippen molar-refractivity contribution in [3.05, 3.63) is 95.2 Å². The summed E-state index contributed by atoms with van der Waals surface area (Å²) in [5.41, 5.74) is 2.90. The molecule has 3 atom stereocenters. The van der Waals surface area contributed by atoms with E-state index in [9.17, 15) is 14.0 Å². The van der Waals surface area contributed by atoms with Gasteiger partial charge in [0.15, 0.2) is 0 Å². The van der Waals surface area contributed by atoms with E-state index in [1.165, 1.54) is 4.90 Å². The van der Waals surface area contributed by atoms with Crippen molar-refractivity contribution in [2.45, 2.75) is 56.3 Å². The monoisotopic (exact) mass is 543 g/mol. The molecule has 1 saturated carbocycles. The SMILES string of the molecule is Cn1nc(CC(=O)N2C[C@H](F)C[C@H]2C(=O)N[C@@H](c2ccccc2)c2ccc(C3(C)CC3)c(F)n2)c2ccccc21. The normalized spacial score (nSPS) is 20.4. The third-order valence-corrected chi connectivity index (χ3v) is 8.26. The van der Waals surface area contributed by atoms with E-state index in [-0.39, 0.29) is 30.7 Å². The Morgan fingerprint density at radius 1 is 1.07 bits per heavy atom. The van der Waals surface area contributed by atoms with Crippen LogP contribution in [0.1, 0.15) is 54.7 Å². The van der Waals surface area contributed by atoms with Gasteiger partial charge in [-0.3, -0.25) is 14.3 Å². The van der Waals surface area contributed by atoms with Gasteiger partial charge in [-0.15, -0.1) is 0 Å². The quantitative estimate of drug-likeness (QED) is 0.347. The largest absolute Gasteiger partial charge is 0.342 e. The summed E-state index contributed by atoms with van der Waals surface area (Å²) in [5.74, 6) is -1.42. The molecule has 7 nitrogen and oxygen atoms in total. The predicted octanol–water partition coefficient (Wildman–Crippen LogP) is 4.55. The third-order valence-electron chi connectivity index (χ3n) is 8.26. The number of aromatic nitrogens is 3. The molecule has 2 aliphatic rings. The Morgan fingerprint density at radius 3 is 2.52 bits per heavy atom. The van der Waals surface area contributed by atoms with E-state index in [2.05, 4.69) is 15.4 Å². The highest BCUT2D eigenvalue weighted by atomic mass is 19.1. The van der Waals surface area contributed by atoms with Gasteiger partial charge in [0, 0.05) is 24.4 Å². The van der Waals surface area contributed by atoms with E-state index >= 15 is 4.39 Å². The molecule has 40 heavy (non-hydrogen) atoms. The van der Waals surface area contributed by atoms with E-state index in [0.717, 1.165) is 23.7 Å². The Labute approximate surface area is 231 Å². The standard InChI is InChI=1S/C31H31F2N5O2/c1-31(14-15-31)22-12-13-23(34-29(22)33)28(19-8-4-3-5-9-19)35-30(40)26-16-20(32)18-38(26)27(39)17-24-21-10-6-7-11-25(21)37(2)36-24/h3-13,20,26,28H,14-18H2,1-2H3,(H,35,40)/t20-,26+,28+/m1/s1. The topological polar surface area (TPSA) is 80.1 Å². The molecule has 206 valence electrons. The minimum atomic E-state index is -1.33. The molecule has 1 N–H and O–H groups in total. The van der Waals surface area contributed by atoms with E-state index in [0.29, 0.717) is 22.5 Å². The number of benzene rings is 2. The van der Waals surface area contributed by atoms with Crippen molar-refractivity contribution in [2.75, 3.05) is 6.54 Å². The Balaban J connectivity index is 1.25. The van der Waals surface area contributed by atoms with Crippen LogP contribution in [0, 0.1) is 5.95 Å². The highest BCUT2D eigenvalue weighted by Gasteiger charge is 2.43. The number of pyridine rings is 1. The first-order chi connectivity index (χ1) is 19.2. The molecule has 6 rings (SSSR count). The van der Waals surface area contributed by atoms with Crippen LogP contribution in [0.3, 0.4) is 0 Å². The number of carbonyl (C=O) groups excluding carboxylic acids is 2. The number of nitrogens with zero attached hydrogens (tertiary/aromatic N) is 4. The molecule has 2 aromatic heterocycles. The third kappa shape index (κ3) is 4.85. The first-order valence-electron chi connectivity index (χ1n) is 13.6. The van der Waals surface area contributed by atoms with E-state index in [1.807, 2.05) is 61.5 Å². The van der Waals surface area contributed by atoms with Gasteiger partial charge in [-0.2, -0.15) is 9.49 Å². The second kappa shape index (κ2) is 10.1. The van der Waals surface area contributed by atoms with Crippen LogP contribution in [0.4, 0.5) is 8.78 Å². The number of nitrogens with one attached hydrogen (secondary N) is 1. The number of alkyl halides is 1. The smallest absolute Gasteiger partial charge is 0.243 e. The maximum absolute atomic E-state index is 15.1. The summed E-state index contributed by atoms with van der Waals surface area (Å²) in [5, 5.41) is 8.28. The van der Waals surface area contributed by atoms with Crippen LogP contribution in [0.15, 0.2) is 66.7 Å². The maximum atomic E-state index is 15.1. The maximum Gasteiger partial charge on any atom is 0.243 e. The number of likely N-dealkylation sites (tertiary alicyclic amines) is 1. The van der Waals surface area contributed by atoms with Crippen LogP contribution >= 0.6 is 0 Å². The fourth-order valence-electron chi connectivity index (χ4n) is 5.70. The van der Waals surface area contributed by atoms with Crippen molar-refractivity contribution in [3.8, 4) is 0 Å². The fraction of sp³-hybridized carbons (Fsp3) is 0.355. The van der Waals surface area contributed by atoms with Crippen molar-refractivity contribution in [2.24, 2.45) is 7.05 Å². The van der Waals surface area contributed by atoms with Crippen molar-refractivity contribution >= 4 is 22.7 Å². The Hall–Kier alpha value is -4.14. The fourth-order valence-corrected chi connectivity index (χ4v) is 5.70. The number of amides is 2. The minimum absolute atomic E-state index is 0.0486. The van der Waals surface area contributed by atoms with E-state index in [1.54, 1.807) is 23.9 Å². The second-order valence-corrected chi connectivity index (χ2v) is 11.1. The summed E-state index contributed by atoms with van der Waals surface area (Å²) in [6, 6.07) is 18.4. The van der Waals surface area contributed by atoms with Crippen LogP contribution in [-0.4, -0.2) is 50.2 Å². The molecular formula is C31H31F2N5O2. The van der Waals surface area contributed by atoms with Crippen molar-refractivity contribution < 1.29 is 18.4 Å². The lowest BCUT2D eigenvalue weighted by atomic mass is 9.97. The molecule has 4 aromatic rings. The number of halogens is 2. The Kier molecular flexibility index (Phi) is 6.60. The number of aryl methyl sites for hydroxylation is 1. The van der Waals surface area contributed by atoms with Crippen molar-refractivity contribution in [1.82, 2.24) is 25.0 Å². The summed E-state index contributed by atoms with van der Waals surface area (Å²) in [4.78, 5) is 32.6. The molecule has 9 heteroatoms. The first kappa shape index (κ1) is 26.1. The number of carbonyl (C=O) groups is 2. The van der Waals surface area contributed by atoms with Crippen molar-refractivity contribution in [1.29, 1.82) is 0 Å². The average molecular weight is 544 g/mol. The highest BCUT2D eigenvalue weighted by Crippen LogP contribution is 2.48. The first-order valence-corrected chi connectivity index (χ1v) is 13.6. The summed E-state index contributed by atoms with van der Waals surface area (Å²) in [6.07, 6.45) is 0.334. The van der Waals surface area contributed by atoms with Crippen LogP contribution in [0.2, 0.25) is 0 Å². The van der Waals surface area contributed by atoms with Gasteiger partial charge in [-0.05, 0) is 36.0 Å². The van der Waals surface area contributed by atoms with E-state index in [4.69, 9.17) is 0 Å². The number of rotatable bonds is 7. The second-order valence-electron chi connectivity index (χ2n) is 11.1. The summed E-state index contributed by atoms with van der Waals surface area (Å²) in [6.45, 7) is 1.84. The molecule has 1 saturated heterocycles. The van der Waals surface area contributed by atoms with Gasteiger partial charge in [-0.25, -0.2) is 9.37 Å². The van der Waals surface area contributed by atoms with Gasteiger partial charge in [0.05, 0.1) is 35.9 Å². The Bertz CT molecular complexity index is 1580. The van der Waals surface area contributed by atoms with Gasteiger partial charge in [0.1, 0.15) is 12.2 Å². The molecule has 2 fully saturated rings. The molecule has 2 amide bonds. The van der Waals surface area contributed by atoms with Gasteiger partial charge >= 0.3 is 0 Å². The van der Waals surface area contributed by atoms with Crippen LogP contribution in [0.25, 0.3) is 10.9 Å². The molecule has 2 aromatic carbocycles. The predicted molar refractivity (Wildman–Crippen MR) is 147 cm³/mol. The lowest BCUT2D eigenvalue weighted by Crippen LogP contribution is -2.47. The zero-order chi connectivity index (χ0) is 28.0. The van der Waals surface area contributed by atoms with Gasteiger partial charge in [-0.1, -0.05) is 61.5 Å². The highest BCUT2D eigenvalue weighted by molar-refractivity contribution is 5.92. The summed E-state index contributed by atoms with van der Waals surface area (Å²) < 4.78 is 31.5. The van der Waals surface area contributed by atoms with Crippen LogP contribution < -0.4 is 5.32 Å². The van der Waals surface area contributed by atoms with Crippen molar-refractivity contribution in [3.63, 3.8) is 0 Å². The zero-order valence-corrected chi connectivity index (χ0v) is 22.5. The molecule has 0 radical (unpaired) electrons. The number of para-hydroxylation sites is 1. The minimum Gasteiger partial charge on any atom is -0.342 e. The number of hydrogen-bond acceptors (Lipinski definition) is 4. The molecule has 3 heterocycles. The van der Waals surface area contributed by atoms with Gasteiger partial charge < -0.3 is 10.2 Å². The zero-order valence-electron chi connectivity index (χ0n) is 22.5. The summed E-state index contributed by atoms with van der Waals surface area (Å²) in [7, 11) is 1.80. The van der Waals surface area contributed by atoms with Crippen LogP contribution in [-0.2, 0) is 28.5 Å². The van der Waals surface area contributed by atoms with E-state index < -0.39 is 30.1 Å². The molecule has 1 aliphatic heterocycles. The molecule has 0 bridgehead atoms. The molecule has 0 spiro atoms. The lowest BCUT2D eigenvalue weighted by molar-refractivity contribution is -0.138. The number of hydrogen-bond donors (Lipinski definition) is 1. The summed E-state index contributed by atoms with van der Waals surface area (Å²) >= 11 is 0. The van der Waals surface area contributed by atoms with Gasteiger partial charge in [0.2, 0.25) is 17.8 Å². The molecular weight excluding hydrogens is 512 g/mol. The van der Waals surface area contributed by atoms with Gasteiger partial charge in [0.25, 0.3) is 0 Å².